The topological polar surface area (TPSA) is 66.5 Å². The molecular formula is C13H18ClN5O. The van der Waals surface area contributed by atoms with Crippen LogP contribution in [-0.4, -0.2) is 43.4 Å². The molecule has 1 unspecified atom stereocenters. The van der Waals surface area contributed by atoms with E-state index >= 15 is 0 Å². The first kappa shape index (κ1) is 13.6. The average molecular weight is 296 g/mol. The van der Waals surface area contributed by atoms with E-state index in [4.69, 9.17) is 11.6 Å². The molecule has 108 valence electrons. The van der Waals surface area contributed by atoms with E-state index in [-0.39, 0.29) is 0 Å². The largest absolute Gasteiger partial charge is 0.390 e. The number of aliphatic hydroxyl groups is 1. The molecule has 1 aliphatic heterocycles. The molecule has 0 spiro atoms. The lowest BCUT2D eigenvalue weighted by Crippen LogP contribution is -2.30. The smallest absolute Gasteiger partial charge is 0.255 e. The molecule has 1 fully saturated rings. The Kier molecular flexibility index (Phi) is 3.30. The molecule has 1 atom stereocenters. The van der Waals surface area contributed by atoms with Gasteiger partial charge < -0.3 is 10.0 Å². The Morgan fingerprint density at radius 3 is 2.95 bits per heavy atom. The molecule has 0 aromatic carbocycles. The second kappa shape index (κ2) is 4.86. The van der Waals surface area contributed by atoms with E-state index in [2.05, 4.69) is 20.0 Å². The Hall–Kier alpha value is -1.40. The van der Waals surface area contributed by atoms with Gasteiger partial charge in [-0.3, -0.25) is 0 Å². The van der Waals surface area contributed by atoms with Gasteiger partial charge in [-0.1, -0.05) is 11.6 Å². The van der Waals surface area contributed by atoms with Crippen LogP contribution in [0.3, 0.4) is 0 Å². The van der Waals surface area contributed by atoms with Gasteiger partial charge in [0.1, 0.15) is 17.3 Å². The molecule has 0 amide bonds. The first-order valence-electron chi connectivity index (χ1n) is 6.81. The molecule has 1 N–H and O–H groups in total. The van der Waals surface area contributed by atoms with Gasteiger partial charge in [-0.25, -0.2) is 0 Å². The van der Waals surface area contributed by atoms with Crippen LogP contribution >= 0.6 is 11.6 Å². The van der Waals surface area contributed by atoms with Crippen molar-refractivity contribution in [2.45, 2.75) is 38.7 Å². The van der Waals surface area contributed by atoms with Crippen molar-refractivity contribution < 1.29 is 5.11 Å². The third-order valence-electron chi connectivity index (χ3n) is 3.94. The molecule has 3 rings (SSSR count). The van der Waals surface area contributed by atoms with Gasteiger partial charge in [0.05, 0.1) is 5.60 Å². The highest BCUT2D eigenvalue weighted by atomic mass is 35.5. The van der Waals surface area contributed by atoms with Gasteiger partial charge in [0.25, 0.3) is 5.78 Å². The fraction of sp³-hybridized carbons (Fsp3) is 0.615. The second-order valence-electron chi connectivity index (χ2n) is 5.66. The number of rotatable bonds is 1. The van der Waals surface area contributed by atoms with Gasteiger partial charge in [0.15, 0.2) is 0 Å². The quantitative estimate of drug-likeness (QED) is 0.813. The third-order valence-corrected chi connectivity index (χ3v) is 4.30. The lowest BCUT2D eigenvalue weighted by atomic mass is 9.98. The highest BCUT2D eigenvalue weighted by Crippen LogP contribution is 2.29. The summed E-state index contributed by atoms with van der Waals surface area (Å²) in [6, 6.07) is 0. The van der Waals surface area contributed by atoms with Crippen molar-refractivity contribution in [2.75, 3.05) is 18.0 Å². The van der Waals surface area contributed by atoms with Crippen molar-refractivity contribution >= 4 is 23.2 Å². The van der Waals surface area contributed by atoms with Crippen molar-refractivity contribution in [1.29, 1.82) is 0 Å². The number of nitrogens with zero attached hydrogens (tertiary/aromatic N) is 5. The van der Waals surface area contributed by atoms with Crippen LogP contribution in [0.5, 0.6) is 0 Å². The maximum absolute atomic E-state index is 10.2. The number of anilines is 1. The van der Waals surface area contributed by atoms with E-state index in [1.807, 2.05) is 13.8 Å². The first-order valence-corrected chi connectivity index (χ1v) is 7.19. The molecule has 1 saturated heterocycles. The minimum atomic E-state index is -0.596. The lowest BCUT2D eigenvalue weighted by molar-refractivity contribution is 0.0481. The molecule has 20 heavy (non-hydrogen) atoms. The highest BCUT2D eigenvalue weighted by molar-refractivity contribution is 6.30. The lowest BCUT2D eigenvalue weighted by Gasteiger charge is -2.26. The van der Waals surface area contributed by atoms with E-state index in [0.717, 1.165) is 43.7 Å². The number of fused-ring (bicyclic) bond motifs is 1. The van der Waals surface area contributed by atoms with Crippen LogP contribution in [-0.2, 0) is 0 Å². The van der Waals surface area contributed by atoms with Crippen LogP contribution in [0.4, 0.5) is 5.82 Å². The molecule has 2 aromatic heterocycles. The molecule has 6 nitrogen and oxygen atoms in total. The minimum absolute atomic E-state index is 0.455. The van der Waals surface area contributed by atoms with Gasteiger partial charge in [-0.15, -0.1) is 0 Å². The molecule has 0 radical (unpaired) electrons. The summed E-state index contributed by atoms with van der Waals surface area (Å²) in [7, 11) is 0. The zero-order valence-electron chi connectivity index (χ0n) is 11.7. The number of halogens is 1. The van der Waals surface area contributed by atoms with Crippen molar-refractivity contribution in [3.8, 4) is 0 Å². The number of aromatic nitrogens is 4. The SMILES string of the molecule is Cc1c(Cl)nc2ncnn2c1N1CCCC(C)(O)CC1. The Bertz CT molecular complexity index is 639. The predicted octanol–water partition coefficient (Wildman–Crippen LogP) is 1.83. The zero-order chi connectivity index (χ0) is 14.3. The fourth-order valence-electron chi connectivity index (χ4n) is 2.73. The van der Waals surface area contributed by atoms with Gasteiger partial charge >= 0.3 is 0 Å². The maximum Gasteiger partial charge on any atom is 0.255 e. The molecule has 2 aromatic rings. The Morgan fingerprint density at radius 1 is 1.35 bits per heavy atom. The van der Waals surface area contributed by atoms with E-state index in [1.165, 1.54) is 6.33 Å². The number of hydrogen-bond donors (Lipinski definition) is 1. The normalized spacial score (nSPS) is 24.1. The molecule has 0 bridgehead atoms. The standard InChI is InChI=1S/C13H18ClN5O/c1-9-10(14)17-12-15-8-16-19(12)11(9)18-6-3-4-13(2,20)5-7-18/h8,20H,3-7H2,1-2H3. The Balaban J connectivity index is 2.05. The highest BCUT2D eigenvalue weighted by Gasteiger charge is 2.27. The van der Waals surface area contributed by atoms with Crippen LogP contribution in [0, 0.1) is 6.92 Å². The molecule has 1 aliphatic rings. The summed E-state index contributed by atoms with van der Waals surface area (Å²) in [4.78, 5) is 10.5. The number of hydrogen-bond acceptors (Lipinski definition) is 5. The summed E-state index contributed by atoms with van der Waals surface area (Å²) >= 11 is 6.20. The van der Waals surface area contributed by atoms with Gasteiger partial charge in [-0.05, 0) is 33.1 Å². The van der Waals surface area contributed by atoms with Crippen LogP contribution in [0.2, 0.25) is 5.15 Å². The van der Waals surface area contributed by atoms with Crippen LogP contribution in [0.1, 0.15) is 31.7 Å². The van der Waals surface area contributed by atoms with Crippen molar-refractivity contribution in [3.05, 3.63) is 17.0 Å². The summed E-state index contributed by atoms with van der Waals surface area (Å²) < 4.78 is 1.72. The van der Waals surface area contributed by atoms with Crippen LogP contribution in [0.25, 0.3) is 5.78 Å². The summed E-state index contributed by atoms with van der Waals surface area (Å²) in [5, 5.41) is 14.9. The van der Waals surface area contributed by atoms with Crippen LogP contribution in [0.15, 0.2) is 6.33 Å². The van der Waals surface area contributed by atoms with Crippen molar-refractivity contribution in [2.24, 2.45) is 0 Å². The Labute approximate surface area is 122 Å². The molecule has 0 aliphatic carbocycles. The molecule has 7 heteroatoms. The second-order valence-corrected chi connectivity index (χ2v) is 6.02. The van der Waals surface area contributed by atoms with E-state index in [0.29, 0.717) is 10.9 Å². The minimum Gasteiger partial charge on any atom is -0.390 e. The maximum atomic E-state index is 10.2. The van der Waals surface area contributed by atoms with E-state index in [1.54, 1.807) is 4.52 Å². The van der Waals surface area contributed by atoms with Crippen LogP contribution < -0.4 is 4.90 Å². The van der Waals surface area contributed by atoms with E-state index < -0.39 is 5.60 Å². The van der Waals surface area contributed by atoms with Gasteiger partial charge in [-0.2, -0.15) is 19.6 Å². The van der Waals surface area contributed by atoms with Gasteiger partial charge in [0.2, 0.25) is 0 Å². The van der Waals surface area contributed by atoms with Crippen molar-refractivity contribution in [3.63, 3.8) is 0 Å². The fourth-order valence-corrected chi connectivity index (χ4v) is 2.89. The third kappa shape index (κ3) is 2.33. The monoisotopic (exact) mass is 295 g/mol. The van der Waals surface area contributed by atoms with Crippen molar-refractivity contribution in [1.82, 2.24) is 19.6 Å². The van der Waals surface area contributed by atoms with E-state index in [9.17, 15) is 5.11 Å². The molecular weight excluding hydrogens is 278 g/mol. The summed E-state index contributed by atoms with van der Waals surface area (Å²) in [6.45, 7) is 5.47. The van der Waals surface area contributed by atoms with Gasteiger partial charge in [0, 0.05) is 18.7 Å². The Morgan fingerprint density at radius 2 is 2.15 bits per heavy atom. The molecule has 3 heterocycles. The summed E-state index contributed by atoms with van der Waals surface area (Å²) in [5.74, 6) is 1.43. The first-order chi connectivity index (χ1) is 9.48. The average Bonchev–Trinajstić information content (AvgIpc) is 2.75. The predicted molar refractivity (Wildman–Crippen MR) is 77.2 cm³/mol. The summed E-state index contributed by atoms with van der Waals surface area (Å²) in [5.41, 5.74) is 0.298. The zero-order valence-corrected chi connectivity index (χ0v) is 12.4. The molecule has 0 saturated carbocycles. The summed E-state index contributed by atoms with van der Waals surface area (Å²) in [6.07, 6.45) is 3.95.